The van der Waals surface area contributed by atoms with Gasteiger partial charge in [0, 0.05) is 36.2 Å². The second-order valence-corrected chi connectivity index (χ2v) is 8.97. The van der Waals surface area contributed by atoms with Gasteiger partial charge in [0.25, 0.3) is 11.8 Å². The second-order valence-electron chi connectivity index (χ2n) is 8.97. The molecule has 1 atom stereocenters. The SMILES string of the molecule is Cc1cnc(CNC(=O)c2ccc3c(c2)[C@H](c2ncn(C(C)C)n2)CN3C(=O)c2ccccn2)cn1. The van der Waals surface area contributed by atoms with Gasteiger partial charge in [-0.15, -0.1) is 0 Å². The number of hydrogen-bond acceptors (Lipinski definition) is 7. The van der Waals surface area contributed by atoms with Crippen molar-refractivity contribution in [2.75, 3.05) is 11.4 Å². The third kappa shape index (κ3) is 4.57. The summed E-state index contributed by atoms with van der Waals surface area (Å²) in [6, 6.07) is 10.7. The number of pyridine rings is 1. The summed E-state index contributed by atoms with van der Waals surface area (Å²) in [4.78, 5) is 45.2. The van der Waals surface area contributed by atoms with E-state index >= 15 is 0 Å². The first kappa shape index (κ1) is 23.3. The number of fused-ring (bicyclic) bond motifs is 1. The van der Waals surface area contributed by atoms with Gasteiger partial charge in [-0.05, 0) is 56.7 Å². The molecule has 1 aliphatic rings. The Kier molecular flexibility index (Phi) is 6.24. The van der Waals surface area contributed by atoms with Gasteiger partial charge in [0.05, 0.1) is 30.0 Å². The Hall–Kier alpha value is -4.47. The number of benzene rings is 1. The van der Waals surface area contributed by atoms with E-state index < -0.39 is 0 Å². The maximum absolute atomic E-state index is 13.3. The number of carbonyl (C=O) groups is 2. The first-order valence-corrected chi connectivity index (χ1v) is 11.7. The standard InChI is InChI=1S/C26H26N8O2/c1-16(2)34-15-31-24(32-34)21-14-33(26(36)22-6-4-5-9-27-22)23-8-7-18(10-20(21)23)25(35)30-13-19-12-28-17(3)11-29-19/h4-12,15-16,21H,13-14H2,1-3H3,(H,30,35)/t21-/m1/s1. The van der Waals surface area contributed by atoms with E-state index in [1.54, 1.807) is 64.8 Å². The second kappa shape index (κ2) is 9.65. The highest BCUT2D eigenvalue weighted by Crippen LogP contribution is 2.40. The van der Waals surface area contributed by atoms with Gasteiger partial charge in [0.15, 0.2) is 5.82 Å². The zero-order valence-corrected chi connectivity index (χ0v) is 20.3. The maximum Gasteiger partial charge on any atom is 0.276 e. The van der Waals surface area contributed by atoms with Crippen LogP contribution in [-0.4, -0.2) is 48.1 Å². The molecular formula is C26H26N8O2. The van der Waals surface area contributed by atoms with Gasteiger partial charge in [-0.25, -0.2) is 4.98 Å². The smallest absolute Gasteiger partial charge is 0.276 e. The Morgan fingerprint density at radius 3 is 2.64 bits per heavy atom. The summed E-state index contributed by atoms with van der Waals surface area (Å²) in [6.45, 7) is 6.53. The van der Waals surface area contributed by atoms with Crippen LogP contribution in [0.2, 0.25) is 0 Å². The van der Waals surface area contributed by atoms with Crippen LogP contribution in [0.1, 0.15) is 69.4 Å². The number of nitrogens with zero attached hydrogens (tertiary/aromatic N) is 7. The monoisotopic (exact) mass is 482 g/mol. The van der Waals surface area contributed by atoms with Crippen LogP contribution in [0.3, 0.4) is 0 Å². The molecule has 5 rings (SSSR count). The topological polar surface area (TPSA) is 119 Å². The van der Waals surface area contributed by atoms with Gasteiger partial charge in [0.1, 0.15) is 12.0 Å². The van der Waals surface area contributed by atoms with Crippen molar-refractivity contribution in [3.63, 3.8) is 0 Å². The lowest BCUT2D eigenvalue weighted by Crippen LogP contribution is -2.30. The number of nitrogens with one attached hydrogen (secondary N) is 1. The summed E-state index contributed by atoms with van der Waals surface area (Å²) in [7, 11) is 0. The summed E-state index contributed by atoms with van der Waals surface area (Å²) in [6.07, 6.45) is 6.60. The highest BCUT2D eigenvalue weighted by molar-refractivity contribution is 6.07. The van der Waals surface area contributed by atoms with Crippen LogP contribution in [-0.2, 0) is 6.54 Å². The Morgan fingerprint density at radius 2 is 1.94 bits per heavy atom. The van der Waals surface area contributed by atoms with Crippen LogP contribution in [0.5, 0.6) is 0 Å². The third-order valence-corrected chi connectivity index (χ3v) is 6.08. The molecule has 1 aromatic carbocycles. The molecule has 10 nitrogen and oxygen atoms in total. The van der Waals surface area contributed by atoms with Gasteiger partial charge in [0.2, 0.25) is 0 Å². The van der Waals surface area contributed by atoms with Crippen molar-refractivity contribution >= 4 is 17.5 Å². The van der Waals surface area contributed by atoms with Gasteiger partial charge in [-0.1, -0.05) is 6.07 Å². The van der Waals surface area contributed by atoms with Crippen LogP contribution >= 0.6 is 0 Å². The Bertz CT molecular complexity index is 1400. The summed E-state index contributed by atoms with van der Waals surface area (Å²) >= 11 is 0. The van der Waals surface area contributed by atoms with E-state index in [1.165, 1.54) is 0 Å². The number of rotatable bonds is 6. The Morgan fingerprint density at radius 1 is 1.08 bits per heavy atom. The average molecular weight is 483 g/mol. The molecule has 4 aromatic rings. The van der Waals surface area contributed by atoms with Crippen LogP contribution in [0.25, 0.3) is 0 Å². The van der Waals surface area contributed by atoms with Crippen molar-refractivity contribution < 1.29 is 9.59 Å². The number of hydrogen-bond donors (Lipinski definition) is 1. The van der Waals surface area contributed by atoms with E-state index in [0.717, 1.165) is 16.9 Å². The molecule has 0 bridgehead atoms. The number of aromatic nitrogens is 6. The molecule has 0 unspecified atom stereocenters. The molecule has 0 saturated carbocycles. The van der Waals surface area contributed by atoms with Crippen LogP contribution in [0.15, 0.2) is 61.3 Å². The van der Waals surface area contributed by atoms with Crippen molar-refractivity contribution in [1.29, 1.82) is 0 Å². The number of anilines is 1. The number of carbonyl (C=O) groups excluding carboxylic acids is 2. The molecule has 3 aromatic heterocycles. The minimum Gasteiger partial charge on any atom is -0.346 e. The van der Waals surface area contributed by atoms with Crippen LogP contribution in [0, 0.1) is 6.92 Å². The molecule has 36 heavy (non-hydrogen) atoms. The highest BCUT2D eigenvalue weighted by atomic mass is 16.2. The molecular weight excluding hydrogens is 456 g/mol. The predicted molar refractivity (Wildman–Crippen MR) is 133 cm³/mol. The molecule has 4 heterocycles. The molecule has 0 spiro atoms. The molecule has 1 aliphatic heterocycles. The Balaban J connectivity index is 1.45. The fraction of sp³-hybridized carbons (Fsp3) is 0.269. The molecule has 182 valence electrons. The fourth-order valence-corrected chi connectivity index (χ4v) is 4.12. The predicted octanol–water partition coefficient (Wildman–Crippen LogP) is 3.07. The quantitative estimate of drug-likeness (QED) is 0.449. The third-order valence-electron chi connectivity index (χ3n) is 6.08. The van der Waals surface area contributed by atoms with E-state index in [2.05, 4.69) is 30.4 Å². The lowest BCUT2D eigenvalue weighted by Gasteiger charge is -2.17. The zero-order chi connectivity index (χ0) is 25.2. The molecule has 2 amide bonds. The lowest BCUT2D eigenvalue weighted by atomic mass is 9.98. The minimum atomic E-state index is -0.275. The van der Waals surface area contributed by atoms with Crippen molar-refractivity contribution in [3.05, 3.63) is 95.3 Å². The van der Waals surface area contributed by atoms with Crippen molar-refractivity contribution in [1.82, 2.24) is 35.0 Å². The van der Waals surface area contributed by atoms with E-state index in [0.29, 0.717) is 29.3 Å². The maximum atomic E-state index is 13.3. The van der Waals surface area contributed by atoms with Gasteiger partial charge in [-0.2, -0.15) is 5.10 Å². The minimum absolute atomic E-state index is 0.153. The zero-order valence-electron chi connectivity index (χ0n) is 20.3. The van der Waals surface area contributed by atoms with Gasteiger partial charge < -0.3 is 10.2 Å². The van der Waals surface area contributed by atoms with Gasteiger partial charge >= 0.3 is 0 Å². The molecule has 0 aliphatic carbocycles. The van der Waals surface area contributed by atoms with E-state index in [9.17, 15) is 9.59 Å². The normalized spacial score (nSPS) is 14.7. The van der Waals surface area contributed by atoms with E-state index in [4.69, 9.17) is 0 Å². The highest BCUT2D eigenvalue weighted by Gasteiger charge is 2.37. The summed E-state index contributed by atoms with van der Waals surface area (Å²) in [5.74, 6) is -0.121. The molecule has 0 saturated heterocycles. The molecule has 0 fully saturated rings. The van der Waals surface area contributed by atoms with Crippen molar-refractivity contribution in [2.24, 2.45) is 0 Å². The van der Waals surface area contributed by atoms with E-state index in [-0.39, 0.29) is 30.3 Å². The first-order chi connectivity index (χ1) is 17.4. The lowest BCUT2D eigenvalue weighted by molar-refractivity contribution is 0.0949. The fourth-order valence-electron chi connectivity index (χ4n) is 4.12. The Labute approximate surface area is 208 Å². The summed E-state index contributed by atoms with van der Waals surface area (Å²) in [5.41, 5.74) is 3.86. The molecule has 0 radical (unpaired) electrons. The molecule has 1 N–H and O–H groups in total. The van der Waals surface area contributed by atoms with Gasteiger partial charge in [-0.3, -0.25) is 29.2 Å². The van der Waals surface area contributed by atoms with Crippen molar-refractivity contribution in [3.8, 4) is 0 Å². The van der Waals surface area contributed by atoms with Crippen molar-refractivity contribution in [2.45, 2.75) is 39.3 Å². The largest absolute Gasteiger partial charge is 0.346 e. The summed E-state index contributed by atoms with van der Waals surface area (Å²) < 4.78 is 1.79. The number of aryl methyl sites for hydroxylation is 1. The average Bonchev–Trinajstić information content (AvgIpc) is 3.53. The summed E-state index contributed by atoms with van der Waals surface area (Å²) in [5, 5.41) is 7.54. The first-order valence-electron chi connectivity index (χ1n) is 11.7. The van der Waals surface area contributed by atoms with Crippen LogP contribution < -0.4 is 10.2 Å². The van der Waals surface area contributed by atoms with E-state index in [1.807, 2.05) is 26.8 Å². The number of amides is 2. The molecule has 10 heteroatoms. The van der Waals surface area contributed by atoms with Crippen LogP contribution in [0.4, 0.5) is 5.69 Å².